The molecule has 4 aromatic carbocycles. The van der Waals surface area contributed by atoms with E-state index in [-0.39, 0.29) is 17.4 Å². The molecule has 0 amide bonds. The van der Waals surface area contributed by atoms with Gasteiger partial charge in [0.2, 0.25) is 0 Å². The largest absolute Gasteiger partial charge is 0.367 e. The molecule has 1 heterocycles. The molecule has 0 saturated carbocycles. The fraction of sp³-hybridized carbons (Fsp3) is 0.239. The number of aryl methyl sites for hydroxylation is 2. The van der Waals surface area contributed by atoms with Gasteiger partial charge >= 0.3 is 0 Å². The molecule has 4 aliphatic carbocycles. The van der Waals surface area contributed by atoms with Crippen LogP contribution in [0.1, 0.15) is 99.2 Å². The van der Waals surface area contributed by atoms with E-state index in [0.29, 0.717) is 5.92 Å². The van der Waals surface area contributed by atoms with Crippen LogP contribution in [0, 0.1) is 18.8 Å². The molecule has 3 unspecified atom stereocenters. The van der Waals surface area contributed by atoms with Crippen LogP contribution in [0.15, 0.2) is 240 Å². The van der Waals surface area contributed by atoms with Crippen LogP contribution in [0.3, 0.4) is 0 Å². The Hall–Kier alpha value is -7.23. The molecule has 0 radical (unpaired) electrons. The van der Waals surface area contributed by atoms with Crippen molar-refractivity contribution in [2.45, 2.75) is 85.1 Å². The second kappa shape index (κ2) is 20.8. The summed E-state index contributed by atoms with van der Waals surface area (Å²) in [5, 5.41) is 0. The summed E-state index contributed by atoms with van der Waals surface area (Å²) < 4.78 is 0. The number of allylic oxidation sites excluding steroid dienone is 18. The Labute approximate surface area is 419 Å². The molecule has 0 N–H and O–H groups in total. The summed E-state index contributed by atoms with van der Waals surface area (Å²) in [7, 11) is 2.26. The number of para-hydroxylation sites is 1. The van der Waals surface area contributed by atoms with Crippen LogP contribution in [-0.4, -0.2) is 18.8 Å². The van der Waals surface area contributed by atoms with E-state index >= 15 is 0 Å². The average molecular weight is 916 g/mol. The fourth-order valence-corrected chi connectivity index (χ4v) is 11.5. The van der Waals surface area contributed by atoms with Crippen molar-refractivity contribution in [2.75, 3.05) is 16.8 Å². The van der Waals surface area contributed by atoms with Crippen LogP contribution in [0.4, 0.5) is 11.4 Å². The van der Waals surface area contributed by atoms with Crippen LogP contribution in [0.2, 0.25) is 0 Å². The molecule has 1 aliphatic heterocycles. The third-order valence-corrected chi connectivity index (χ3v) is 15.3. The van der Waals surface area contributed by atoms with Gasteiger partial charge in [-0.2, -0.15) is 0 Å². The Morgan fingerprint density at radius 3 is 2.34 bits per heavy atom. The van der Waals surface area contributed by atoms with Crippen molar-refractivity contribution in [2.24, 2.45) is 16.8 Å². The van der Waals surface area contributed by atoms with E-state index < -0.39 is 0 Å². The lowest BCUT2D eigenvalue weighted by Gasteiger charge is -2.50. The summed E-state index contributed by atoms with van der Waals surface area (Å²) >= 11 is 0. The summed E-state index contributed by atoms with van der Waals surface area (Å²) in [4.78, 5) is 10.4. The zero-order valence-electron chi connectivity index (χ0n) is 42.4. The van der Waals surface area contributed by atoms with Gasteiger partial charge in [0.25, 0.3) is 0 Å². The second-order valence-corrected chi connectivity index (χ2v) is 20.1. The van der Waals surface area contributed by atoms with E-state index in [1.807, 2.05) is 6.08 Å². The Morgan fingerprint density at radius 1 is 0.800 bits per heavy atom. The number of benzene rings is 4. The Bertz CT molecular complexity index is 3100. The van der Waals surface area contributed by atoms with Crippen LogP contribution in [0.5, 0.6) is 0 Å². The van der Waals surface area contributed by atoms with E-state index in [2.05, 4.69) is 254 Å². The predicted octanol–water partition coefficient (Wildman–Crippen LogP) is 16.8. The van der Waals surface area contributed by atoms with Crippen LogP contribution in [-0.2, 0) is 11.8 Å². The number of rotatable bonds is 11. The third-order valence-electron chi connectivity index (χ3n) is 15.3. The summed E-state index contributed by atoms with van der Waals surface area (Å²) in [5.74, 6) is 0.519. The van der Waals surface area contributed by atoms with E-state index in [0.717, 1.165) is 71.6 Å². The van der Waals surface area contributed by atoms with Crippen LogP contribution >= 0.6 is 0 Å². The number of hydrogen-bond donors (Lipinski definition) is 0. The van der Waals surface area contributed by atoms with Gasteiger partial charge < -0.3 is 9.80 Å². The first kappa shape index (κ1) is 47.8. The van der Waals surface area contributed by atoms with Gasteiger partial charge in [-0.25, -0.2) is 4.99 Å². The molecule has 4 aromatic rings. The first-order chi connectivity index (χ1) is 34.0. The normalized spacial score (nSPS) is 23.4. The first-order valence-electron chi connectivity index (χ1n) is 25.3. The van der Waals surface area contributed by atoms with Crippen molar-refractivity contribution < 1.29 is 0 Å². The number of likely N-dealkylation sites (N-methyl/N-ethyl adjacent to an activating group) is 1. The van der Waals surface area contributed by atoms with Crippen molar-refractivity contribution in [3.8, 4) is 0 Å². The lowest BCUT2D eigenvalue weighted by atomic mass is 9.64. The highest BCUT2D eigenvalue weighted by Crippen LogP contribution is 2.54. The number of anilines is 2. The molecule has 0 spiro atoms. The topological polar surface area (TPSA) is 18.8 Å². The highest BCUT2D eigenvalue weighted by Gasteiger charge is 2.45. The quantitative estimate of drug-likeness (QED) is 0.110. The molecular weight excluding hydrogens is 847 g/mol. The minimum Gasteiger partial charge on any atom is -0.367 e. The number of hydrogen-bond acceptors (Lipinski definition) is 3. The van der Waals surface area contributed by atoms with E-state index in [1.54, 1.807) is 0 Å². The van der Waals surface area contributed by atoms with Gasteiger partial charge in [0.15, 0.2) is 0 Å². The number of aliphatic imine (C=N–C) groups is 1. The standard InChI is InChI=1S/C67H69N3/c1-10-24-55(25-11-2)70-62-37-21-20-36-60(62)67(7,8)61-45-54(42-43-63(61)70)50-38-40-52(41-39-50)64-47(4)27-14-12-13-15-28-48(5)66(64)69(9)56-32-22-31-53(44-56)49(6)68-65(57-33-18-16-26-46(57)3)59-35-23-30-51-29-17-19-34-58(51)59/h10-16,18-28,30-38,40,42-44,48,61,66H,1,6,17,29,39,41,45H2,2-5,7-9H3/b13-12-,25-11-,27-14-,28-15+,55-24+,64-47+,68-65?. The van der Waals surface area contributed by atoms with Crippen LogP contribution < -0.4 is 9.80 Å². The maximum atomic E-state index is 5.44. The Balaban J connectivity index is 1.06. The minimum absolute atomic E-state index is 0.0532. The summed E-state index contributed by atoms with van der Waals surface area (Å²) in [6.07, 6.45) is 41.0. The van der Waals surface area contributed by atoms with Crippen molar-refractivity contribution in [1.82, 2.24) is 0 Å². The van der Waals surface area contributed by atoms with Crippen LogP contribution in [0.25, 0.3) is 11.8 Å². The van der Waals surface area contributed by atoms with Crippen molar-refractivity contribution in [3.63, 3.8) is 0 Å². The highest BCUT2D eigenvalue weighted by atomic mass is 15.2. The SMILES string of the molecule is C=C/C=C(\C=C/C)N1C2=CC=C(C3=CC=C(\C4=C(C)/C=C\C=C/C=C/C(C)C4N(C)c4cccc(C(=C)N=C(c5ccccc5C)c5cccc6c5C=CCC6)c4)CC3)CC2C(C)(C)c2ccccc21. The van der Waals surface area contributed by atoms with Gasteiger partial charge in [0.1, 0.15) is 0 Å². The lowest BCUT2D eigenvalue weighted by molar-refractivity contribution is 0.342. The number of nitrogens with zero attached hydrogens (tertiary/aromatic N) is 3. The van der Waals surface area contributed by atoms with E-state index in [9.17, 15) is 0 Å². The molecular formula is C67H69N3. The van der Waals surface area contributed by atoms with Gasteiger partial charge in [-0.15, -0.1) is 0 Å². The second-order valence-electron chi connectivity index (χ2n) is 20.1. The van der Waals surface area contributed by atoms with Crippen molar-refractivity contribution >= 4 is 28.9 Å². The molecule has 0 saturated heterocycles. The maximum absolute atomic E-state index is 5.44. The molecule has 70 heavy (non-hydrogen) atoms. The summed E-state index contributed by atoms with van der Waals surface area (Å²) in [6.45, 7) is 22.5. The zero-order valence-corrected chi connectivity index (χ0v) is 42.4. The molecule has 0 fully saturated rings. The highest BCUT2D eigenvalue weighted by molar-refractivity contribution is 6.17. The van der Waals surface area contributed by atoms with Crippen molar-refractivity contribution in [3.05, 3.63) is 273 Å². The Morgan fingerprint density at radius 2 is 1.54 bits per heavy atom. The molecule has 352 valence electrons. The monoisotopic (exact) mass is 916 g/mol. The van der Waals surface area contributed by atoms with Gasteiger partial charge in [-0.05, 0) is 145 Å². The molecule has 3 nitrogen and oxygen atoms in total. The van der Waals surface area contributed by atoms with Crippen molar-refractivity contribution in [1.29, 1.82) is 0 Å². The van der Waals surface area contributed by atoms with Gasteiger partial charge in [-0.1, -0.05) is 186 Å². The fourth-order valence-electron chi connectivity index (χ4n) is 11.5. The summed E-state index contributed by atoms with van der Waals surface area (Å²) in [5.41, 5.74) is 22.0. The van der Waals surface area contributed by atoms with Gasteiger partial charge in [0, 0.05) is 57.8 Å². The molecule has 0 bridgehead atoms. The maximum Gasteiger partial charge on any atom is 0.0790 e. The average Bonchev–Trinajstić information content (AvgIpc) is 3.38. The first-order valence-corrected chi connectivity index (χ1v) is 25.3. The predicted molar refractivity (Wildman–Crippen MR) is 302 cm³/mol. The zero-order chi connectivity index (χ0) is 48.9. The number of fused-ring (bicyclic) bond motifs is 3. The molecule has 3 atom stereocenters. The summed E-state index contributed by atoms with van der Waals surface area (Å²) in [6, 6.07) is 33.1. The Kier molecular flexibility index (Phi) is 14.2. The van der Waals surface area contributed by atoms with E-state index in [4.69, 9.17) is 4.99 Å². The molecule has 0 aromatic heterocycles. The molecule has 5 aliphatic rings. The molecule has 3 heteroatoms. The minimum atomic E-state index is -0.0532. The third kappa shape index (κ3) is 9.43. The van der Waals surface area contributed by atoms with Gasteiger partial charge in [-0.3, -0.25) is 0 Å². The van der Waals surface area contributed by atoms with Gasteiger partial charge in [0.05, 0.1) is 17.5 Å². The smallest absolute Gasteiger partial charge is 0.0790 e. The molecule has 9 rings (SSSR count). The lowest BCUT2D eigenvalue weighted by Crippen LogP contribution is -2.44. The van der Waals surface area contributed by atoms with E-state index in [1.165, 1.54) is 61.5 Å².